The Kier molecular flexibility index (Phi) is 6.25. The fourth-order valence-corrected chi connectivity index (χ4v) is 2.35. The monoisotopic (exact) mass is 268 g/mol. The number of nitrogens with one attached hydrogen (secondary N) is 2. The van der Waals surface area contributed by atoms with Gasteiger partial charge in [0.05, 0.1) is 0 Å². The lowest BCUT2D eigenvalue weighted by molar-refractivity contribution is 0.871. The van der Waals surface area contributed by atoms with Crippen LogP contribution in [0, 0.1) is 6.92 Å². The van der Waals surface area contributed by atoms with Crippen LogP contribution in [0.15, 0.2) is 0 Å². The molecule has 18 heavy (non-hydrogen) atoms. The van der Waals surface area contributed by atoms with Gasteiger partial charge in [0.15, 0.2) is 0 Å². The fourth-order valence-electron chi connectivity index (χ4n) is 1.67. The van der Waals surface area contributed by atoms with Crippen LogP contribution in [-0.2, 0) is 6.42 Å². The Labute approximate surface area is 114 Å². The second kappa shape index (κ2) is 7.46. The number of nitrogens with zero attached hydrogens (tertiary/aromatic N) is 2. The van der Waals surface area contributed by atoms with Gasteiger partial charge in [0, 0.05) is 30.8 Å². The molecule has 0 aromatic carbocycles. The van der Waals surface area contributed by atoms with E-state index in [0.717, 1.165) is 41.0 Å². The quantitative estimate of drug-likeness (QED) is 0.796. The zero-order chi connectivity index (χ0) is 13.5. The van der Waals surface area contributed by atoms with Gasteiger partial charge in [-0.15, -0.1) is 0 Å². The summed E-state index contributed by atoms with van der Waals surface area (Å²) in [5.74, 6) is 4.99. The summed E-state index contributed by atoms with van der Waals surface area (Å²) >= 11 is 1.94. The van der Waals surface area contributed by atoms with Gasteiger partial charge in [0.25, 0.3) is 0 Å². The van der Waals surface area contributed by atoms with E-state index in [-0.39, 0.29) is 0 Å². The van der Waals surface area contributed by atoms with Crippen LogP contribution in [0.3, 0.4) is 0 Å². The van der Waals surface area contributed by atoms with E-state index in [1.807, 2.05) is 25.7 Å². The van der Waals surface area contributed by atoms with Crippen LogP contribution >= 0.6 is 11.8 Å². The van der Waals surface area contributed by atoms with Gasteiger partial charge >= 0.3 is 0 Å². The number of anilines is 2. The van der Waals surface area contributed by atoms with Crippen LogP contribution in [0.5, 0.6) is 0 Å². The third kappa shape index (κ3) is 4.05. The number of hydrogen-bond donors (Lipinski definition) is 2. The molecule has 0 amide bonds. The summed E-state index contributed by atoms with van der Waals surface area (Å²) in [6.07, 6.45) is 0.849. The fraction of sp³-hybridized carbons (Fsp3) is 0.692. The highest BCUT2D eigenvalue weighted by molar-refractivity contribution is 7.99. The van der Waals surface area contributed by atoms with Crippen LogP contribution in [0.4, 0.5) is 11.6 Å². The molecule has 1 atom stereocenters. The molecule has 1 heterocycles. The molecular weight excluding hydrogens is 244 g/mol. The first kappa shape index (κ1) is 15.1. The Morgan fingerprint density at radius 1 is 1.22 bits per heavy atom. The lowest BCUT2D eigenvalue weighted by atomic mass is 10.2. The highest BCUT2D eigenvalue weighted by atomic mass is 32.2. The Balaban J connectivity index is 2.86. The average Bonchev–Trinajstić information content (AvgIpc) is 2.38. The minimum absolute atomic E-state index is 0.415. The summed E-state index contributed by atoms with van der Waals surface area (Å²) in [4.78, 5) is 9.05. The second-order valence-electron chi connectivity index (χ2n) is 4.27. The highest BCUT2D eigenvalue weighted by Gasteiger charge is 2.11. The number of aromatic nitrogens is 2. The van der Waals surface area contributed by atoms with Crippen molar-refractivity contribution in [3.63, 3.8) is 0 Å². The van der Waals surface area contributed by atoms with E-state index in [0.29, 0.717) is 6.04 Å². The van der Waals surface area contributed by atoms with E-state index in [4.69, 9.17) is 0 Å². The zero-order valence-electron chi connectivity index (χ0n) is 12.0. The van der Waals surface area contributed by atoms with E-state index >= 15 is 0 Å². The maximum absolute atomic E-state index is 4.58. The lowest BCUT2D eigenvalue weighted by Gasteiger charge is -2.17. The van der Waals surface area contributed by atoms with Crippen LogP contribution in [0.1, 0.15) is 32.2 Å². The molecule has 0 fully saturated rings. The molecule has 102 valence electrons. The van der Waals surface area contributed by atoms with Crippen molar-refractivity contribution in [1.82, 2.24) is 9.97 Å². The van der Waals surface area contributed by atoms with Gasteiger partial charge in [-0.3, -0.25) is 0 Å². The van der Waals surface area contributed by atoms with E-state index in [1.165, 1.54) is 0 Å². The summed E-state index contributed by atoms with van der Waals surface area (Å²) in [5, 5.41) is 6.61. The first-order valence-corrected chi connectivity index (χ1v) is 7.67. The van der Waals surface area contributed by atoms with E-state index in [9.17, 15) is 0 Å². The molecule has 1 aromatic rings. The van der Waals surface area contributed by atoms with Crippen molar-refractivity contribution in [3.8, 4) is 0 Å². The van der Waals surface area contributed by atoms with Crippen LogP contribution in [0.25, 0.3) is 0 Å². The van der Waals surface area contributed by atoms with E-state index < -0.39 is 0 Å². The molecule has 0 bridgehead atoms. The van der Waals surface area contributed by atoms with Gasteiger partial charge in [-0.1, -0.05) is 13.8 Å². The van der Waals surface area contributed by atoms with Gasteiger partial charge in [-0.2, -0.15) is 11.8 Å². The SMILES string of the molecule is CCSCC(C)Nc1nc(CC)nc(NC)c1C. The highest BCUT2D eigenvalue weighted by Crippen LogP contribution is 2.21. The van der Waals surface area contributed by atoms with E-state index in [2.05, 4.69) is 41.4 Å². The average molecular weight is 268 g/mol. The number of rotatable bonds is 7. The molecule has 4 nitrogen and oxygen atoms in total. The molecule has 0 spiro atoms. The molecule has 0 radical (unpaired) electrons. The number of hydrogen-bond acceptors (Lipinski definition) is 5. The molecule has 0 aliphatic carbocycles. The van der Waals surface area contributed by atoms with Gasteiger partial charge in [0.1, 0.15) is 17.5 Å². The molecule has 1 aromatic heterocycles. The zero-order valence-corrected chi connectivity index (χ0v) is 12.8. The molecular formula is C13H24N4S. The van der Waals surface area contributed by atoms with Gasteiger partial charge in [-0.25, -0.2) is 9.97 Å². The van der Waals surface area contributed by atoms with Crippen molar-refractivity contribution in [2.45, 2.75) is 40.2 Å². The smallest absolute Gasteiger partial charge is 0.135 e. The van der Waals surface area contributed by atoms with Crippen LogP contribution in [0.2, 0.25) is 0 Å². The Bertz CT molecular complexity index is 381. The summed E-state index contributed by atoms with van der Waals surface area (Å²) in [6, 6.07) is 0.415. The lowest BCUT2D eigenvalue weighted by Crippen LogP contribution is -2.21. The van der Waals surface area contributed by atoms with Crippen molar-refractivity contribution in [3.05, 3.63) is 11.4 Å². The van der Waals surface area contributed by atoms with Crippen molar-refractivity contribution < 1.29 is 0 Å². The molecule has 1 unspecified atom stereocenters. The Hall–Kier alpha value is -0.970. The molecule has 1 rings (SSSR count). The van der Waals surface area contributed by atoms with Crippen molar-refractivity contribution in [2.24, 2.45) is 0 Å². The normalized spacial score (nSPS) is 12.3. The first-order chi connectivity index (χ1) is 8.62. The van der Waals surface area contributed by atoms with Crippen molar-refractivity contribution in [2.75, 3.05) is 29.2 Å². The largest absolute Gasteiger partial charge is 0.373 e. The Morgan fingerprint density at radius 2 is 1.89 bits per heavy atom. The molecule has 0 aliphatic heterocycles. The van der Waals surface area contributed by atoms with Crippen LogP contribution < -0.4 is 10.6 Å². The predicted octanol–water partition coefficient (Wildman–Crippen LogP) is 2.94. The maximum atomic E-state index is 4.58. The molecule has 0 aliphatic rings. The minimum Gasteiger partial charge on any atom is -0.373 e. The van der Waals surface area contributed by atoms with Gasteiger partial charge in [0.2, 0.25) is 0 Å². The van der Waals surface area contributed by atoms with Gasteiger partial charge < -0.3 is 10.6 Å². The standard InChI is InChI=1S/C13H24N4S/c1-6-11-16-12(14-5)10(4)13(17-11)15-9(3)8-18-7-2/h9H,6-8H2,1-5H3,(H2,14,15,16,17). The van der Waals surface area contributed by atoms with Crippen molar-refractivity contribution in [1.29, 1.82) is 0 Å². The summed E-state index contributed by atoms with van der Waals surface area (Å²) < 4.78 is 0. The molecule has 2 N–H and O–H groups in total. The summed E-state index contributed by atoms with van der Waals surface area (Å²) in [6.45, 7) is 8.49. The third-order valence-electron chi connectivity index (χ3n) is 2.70. The van der Waals surface area contributed by atoms with Gasteiger partial charge in [-0.05, 0) is 19.6 Å². The van der Waals surface area contributed by atoms with E-state index in [1.54, 1.807) is 0 Å². The minimum atomic E-state index is 0.415. The third-order valence-corrected chi connectivity index (χ3v) is 3.84. The summed E-state index contributed by atoms with van der Waals surface area (Å²) in [7, 11) is 1.90. The maximum Gasteiger partial charge on any atom is 0.135 e. The Morgan fingerprint density at radius 3 is 2.44 bits per heavy atom. The molecule has 0 saturated heterocycles. The topological polar surface area (TPSA) is 49.8 Å². The second-order valence-corrected chi connectivity index (χ2v) is 5.59. The van der Waals surface area contributed by atoms with Crippen molar-refractivity contribution >= 4 is 23.4 Å². The summed E-state index contributed by atoms with van der Waals surface area (Å²) in [5.41, 5.74) is 1.09. The molecule has 0 saturated carbocycles. The molecule has 5 heteroatoms. The number of aryl methyl sites for hydroxylation is 1. The predicted molar refractivity (Wildman–Crippen MR) is 81.8 cm³/mol. The number of thioether (sulfide) groups is 1. The first-order valence-electron chi connectivity index (χ1n) is 6.51. The van der Waals surface area contributed by atoms with Crippen LogP contribution in [-0.4, -0.2) is 34.6 Å².